The van der Waals surface area contributed by atoms with E-state index in [0.717, 1.165) is 6.07 Å². The second-order valence-electron chi connectivity index (χ2n) is 7.10. The number of phenolic OH excluding ortho intramolecular Hbond substituents is 3. The van der Waals surface area contributed by atoms with Gasteiger partial charge in [0.2, 0.25) is 0 Å². The van der Waals surface area contributed by atoms with Crippen LogP contribution in [-0.2, 0) is 11.2 Å². The Morgan fingerprint density at radius 2 is 1.52 bits per heavy atom. The van der Waals surface area contributed by atoms with Crippen LogP contribution in [0.3, 0.4) is 0 Å². The van der Waals surface area contributed by atoms with Crippen LogP contribution in [0.2, 0.25) is 0 Å². The number of hydrogen-bond acceptors (Lipinski definition) is 9. The lowest BCUT2D eigenvalue weighted by atomic mass is 9.86. The van der Waals surface area contributed by atoms with Crippen molar-refractivity contribution in [3.05, 3.63) is 53.1 Å². The molecule has 0 bridgehead atoms. The van der Waals surface area contributed by atoms with E-state index in [4.69, 9.17) is 4.74 Å². The van der Waals surface area contributed by atoms with E-state index < -0.39 is 49.0 Å². The molecule has 1 saturated heterocycles. The van der Waals surface area contributed by atoms with Crippen molar-refractivity contribution in [2.75, 3.05) is 6.61 Å². The van der Waals surface area contributed by atoms with Gasteiger partial charge >= 0.3 is 0 Å². The van der Waals surface area contributed by atoms with E-state index >= 15 is 0 Å². The van der Waals surface area contributed by atoms with E-state index in [1.807, 2.05) is 0 Å². The van der Waals surface area contributed by atoms with E-state index in [9.17, 15) is 40.9 Å². The van der Waals surface area contributed by atoms with Gasteiger partial charge < -0.3 is 45.6 Å². The predicted octanol–water partition coefficient (Wildman–Crippen LogP) is -0.406. The highest BCUT2D eigenvalue weighted by Crippen LogP contribution is 2.42. The lowest BCUT2D eigenvalue weighted by Gasteiger charge is -2.41. The minimum atomic E-state index is -1.67. The first-order valence-corrected chi connectivity index (χ1v) is 9.05. The summed E-state index contributed by atoms with van der Waals surface area (Å²) in [7, 11) is 0. The molecule has 0 aliphatic carbocycles. The Kier molecular flexibility index (Phi) is 6.27. The van der Waals surface area contributed by atoms with E-state index in [0.29, 0.717) is 5.56 Å². The fourth-order valence-corrected chi connectivity index (χ4v) is 3.54. The lowest BCUT2D eigenvalue weighted by molar-refractivity contribution is -0.232. The molecule has 3 rings (SSSR count). The van der Waals surface area contributed by atoms with Crippen LogP contribution in [0.4, 0.5) is 0 Å². The largest absolute Gasteiger partial charge is 0.508 e. The van der Waals surface area contributed by atoms with Crippen LogP contribution in [0.5, 0.6) is 17.2 Å². The number of rotatable bonds is 5. The molecule has 6 atom stereocenters. The number of aromatic hydroxyl groups is 3. The van der Waals surface area contributed by atoms with Crippen molar-refractivity contribution in [2.24, 2.45) is 0 Å². The average Bonchev–Trinajstić information content (AvgIpc) is 2.68. The normalized spacial score (nSPS) is 28.2. The van der Waals surface area contributed by atoms with Crippen molar-refractivity contribution < 1.29 is 45.6 Å². The van der Waals surface area contributed by atoms with Crippen LogP contribution in [0.1, 0.15) is 28.9 Å². The molecular weight excluding hydrogens is 384 g/mol. The van der Waals surface area contributed by atoms with Crippen LogP contribution >= 0.6 is 0 Å². The molecule has 0 aromatic heterocycles. The van der Waals surface area contributed by atoms with Gasteiger partial charge in [-0.1, -0.05) is 12.1 Å². The Morgan fingerprint density at radius 1 is 0.862 bits per heavy atom. The molecule has 0 amide bonds. The summed E-state index contributed by atoms with van der Waals surface area (Å²) < 4.78 is 5.50. The number of benzene rings is 2. The van der Waals surface area contributed by atoms with Gasteiger partial charge in [0, 0.05) is 18.1 Å². The van der Waals surface area contributed by atoms with E-state index in [1.54, 1.807) is 12.1 Å². The van der Waals surface area contributed by atoms with Crippen molar-refractivity contribution in [3.8, 4) is 17.2 Å². The smallest absolute Gasteiger partial charge is 0.125 e. The molecule has 1 aliphatic heterocycles. The van der Waals surface area contributed by atoms with Gasteiger partial charge in [0.1, 0.15) is 47.8 Å². The van der Waals surface area contributed by atoms with Gasteiger partial charge in [-0.05, 0) is 29.3 Å². The summed E-state index contributed by atoms with van der Waals surface area (Å²) in [5.74, 6) is -0.773. The molecule has 2 aromatic rings. The SMILES string of the molecule is OC[C@H]1O[C@@H](c2c(O)cc(O)cc2C(O)Cc2ccc(O)cc2)[C@H](O)[C@@H](O)[C@@H]1O. The van der Waals surface area contributed by atoms with E-state index in [-0.39, 0.29) is 29.0 Å². The van der Waals surface area contributed by atoms with Crippen molar-refractivity contribution in [1.29, 1.82) is 0 Å². The standard InChI is InChI=1S/C20H24O9/c21-8-15-17(26)18(27)19(28)20(29-15)16-12(6-11(23)7-14(16)25)13(24)5-9-1-3-10(22)4-2-9/h1-4,6-7,13,15,17-28H,5,8H2/t13?,15-,17-,18+,19-,20+/m1/s1. The maximum atomic E-state index is 10.7. The van der Waals surface area contributed by atoms with Gasteiger partial charge in [-0.3, -0.25) is 0 Å². The molecule has 1 fully saturated rings. The molecule has 158 valence electrons. The van der Waals surface area contributed by atoms with Gasteiger partial charge in [-0.2, -0.15) is 0 Å². The zero-order valence-electron chi connectivity index (χ0n) is 15.3. The predicted molar refractivity (Wildman–Crippen MR) is 99.3 cm³/mol. The van der Waals surface area contributed by atoms with Crippen LogP contribution in [0.15, 0.2) is 36.4 Å². The number of ether oxygens (including phenoxy) is 1. The molecule has 0 radical (unpaired) electrons. The molecule has 9 heteroatoms. The van der Waals surface area contributed by atoms with Gasteiger partial charge in [0.15, 0.2) is 0 Å². The van der Waals surface area contributed by atoms with Gasteiger partial charge in [-0.15, -0.1) is 0 Å². The number of aliphatic hydroxyl groups excluding tert-OH is 5. The van der Waals surface area contributed by atoms with E-state index in [2.05, 4.69) is 0 Å². The monoisotopic (exact) mass is 408 g/mol. The molecule has 1 unspecified atom stereocenters. The summed E-state index contributed by atoms with van der Waals surface area (Å²) in [4.78, 5) is 0. The highest BCUT2D eigenvalue weighted by Gasteiger charge is 2.45. The van der Waals surface area contributed by atoms with Crippen molar-refractivity contribution in [3.63, 3.8) is 0 Å². The summed E-state index contributed by atoms with van der Waals surface area (Å²) >= 11 is 0. The van der Waals surface area contributed by atoms with Crippen LogP contribution in [0.25, 0.3) is 0 Å². The summed E-state index contributed by atoms with van der Waals surface area (Å²) in [6.45, 7) is -0.647. The van der Waals surface area contributed by atoms with Crippen LogP contribution in [-0.4, -0.2) is 71.9 Å². The Morgan fingerprint density at radius 3 is 2.14 bits per heavy atom. The second kappa shape index (κ2) is 8.54. The second-order valence-corrected chi connectivity index (χ2v) is 7.10. The minimum Gasteiger partial charge on any atom is -0.508 e. The summed E-state index contributed by atoms with van der Waals surface area (Å²) in [6.07, 6.45) is -8.68. The number of phenols is 3. The highest BCUT2D eigenvalue weighted by atomic mass is 16.5. The topological polar surface area (TPSA) is 171 Å². The maximum absolute atomic E-state index is 10.7. The third kappa shape index (κ3) is 4.30. The van der Waals surface area contributed by atoms with Crippen LogP contribution < -0.4 is 0 Å². The highest BCUT2D eigenvalue weighted by molar-refractivity contribution is 5.49. The molecule has 29 heavy (non-hydrogen) atoms. The van der Waals surface area contributed by atoms with Crippen molar-refractivity contribution in [2.45, 2.75) is 43.0 Å². The fourth-order valence-electron chi connectivity index (χ4n) is 3.54. The molecule has 0 saturated carbocycles. The molecule has 9 nitrogen and oxygen atoms in total. The first kappa shape index (κ1) is 21.3. The first-order valence-electron chi connectivity index (χ1n) is 9.05. The minimum absolute atomic E-state index is 0.0416. The van der Waals surface area contributed by atoms with Crippen LogP contribution in [0, 0.1) is 0 Å². The average molecular weight is 408 g/mol. The molecule has 1 heterocycles. The molecule has 8 N–H and O–H groups in total. The summed E-state index contributed by atoms with van der Waals surface area (Å²) in [5, 5.41) is 80.2. The Labute approximate surface area is 166 Å². The van der Waals surface area contributed by atoms with Crippen molar-refractivity contribution in [1.82, 2.24) is 0 Å². The Bertz CT molecular complexity index is 837. The van der Waals surface area contributed by atoms with E-state index in [1.165, 1.54) is 18.2 Å². The first-order chi connectivity index (χ1) is 13.7. The Balaban J connectivity index is 1.99. The third-order valence-corrected chi connectivity index (χ3v) is 5.08. The summed E-state index contributed by atoms with van der Waals surface area (Å²) in [5.41, 5.74) is 0.615. The van der Waals surface area contributed by atoms with Gasteiger partial charge in [-0.25, -0.2) is 0 Å². The van der Waals surface area contributed by atoms with Gasteiger partial charge in [0.25, 0.3) is 0 Å². The number of hydrogen-bond donors (Lipinski definition) is 8. The molecule has 1 aliphatic rings. The molecule has 2 aromatic carbocycles. The van der Waals surface area contributed by atoms with Crippen molar-refractivity contribution >= 4 is 0 Å². The summed E-state index contributed by atoms with van der Waals surface area (Å²) in [6, 6.07) is 8.26. The lowest BCUT2D eigenvalue weighted by Crippen LogP contribution is -2.55. The number of aliphatic hydroxyl groups is 5. The zero-order valence-corrected chi connectivity index (χ0v) is 15.3. The van der Waals surface area contributed by atoms with Gasteiger partial charge in [0.05, 0.1) is 12.7 Å². The Hall–Kier alpha value is -2.40. The molecule has 0 spiro atoms. The zero-order chi connectivity index (χ0) is 21.3. The third-order valence-electron chi connectivity index (χ3n) is 5.08. The maximum Gasteiger partial charge on any atom is 0.125 e. The quantitative estimate of drug-likeness (QED) is 0.328. The fraction of sp³-hybridized carbons (Fsp3) is 0.400. The molecular formula is C20H24O9.